The van der Waals surface area contributed by atoms with Crippen molar-refractivity contribution in [2.24, 2.45) is 4.99 Å². The van der Waals surface area contributed by atoms with Gasteiger partial charge in [0.25, 0.3) is 0 Å². The Bertz CT molecular complexity index is 828. The fraction of sp³-hybridized carbons (Fsp3) is 0.250. The van der Waals surface area contributed by atoms with Gasteiger partial charge in [0.2, 0.25) is 0 Å². The molecule has 0 aromatic heterocycles. The Balaban J connectivity index is 2.06. The summed E-state index contributed by atoms with van der Waals surface area (Å²) in [4.78, 5) is 6.32. The third-order valence-electron chi connectivity index (χ3n) is 3.99. The van der Waals surface area contributed by atoms with Gasteiger partial charge in [-0.3, -0.25) is 0 Å². The van der Waals surface area contributed by atoms with E-state index in [2.05, 4.69) is 10.9 Å². The summed E-state index contributed by atoms with van der Waals surface area (Å²) in [6, 6.07) is 5.44. The Morgan fingerprint density at radius 2 is 2.00 bits per heavy atom. The van der Waals surface area contributed by atoms with E-state index in [0.717, 1.165) is 16.8 Å². The van der Waals surface area contributed by atoms with Crippen LogP contribution in [0.25, 0.3) is 0 Å². The molecule has 1 heterocycles. The van der Waals surface area contributed by atoms with E-state index in [4.69, 9.17) is 21.6 Å². The molecule has 3 rings (SSSR count). The van der Waals surface area contributed by atoms with Gasteiger partial charge < -0.3 is 20.1 Å². The summed E-state index contributed by atoms with van der Waals surface area (Å²) < 4.78 is 11.5. The van der Waals surface area contributed by atoms with Crippen LogP contribution in [0.1, 0.15) is 19.4 Å². The van der Waals surface area contributed by atoms with Crippen LogP contribution in [0.2, 0.25) is 0 Å². The number of hydrogen-bond acceptors (Lipinski definition) is 5. The van der Waals surface area contributed by atoms with Crippen molar-refractivity contribution in [3.8, 4) is 12.3 Å². The first-order chi connectivity index (χ1) is 12.2. The zero-order valence-electron chi connectivity index (χ0n) is 14.4. The fourth-order valence-corrected chi connectivity index (χ4v) is 2.95. The van der Waals surface area contributed by atoms with Gasteiger partial charge in [0.1, 0.15) is 0 Å². The molecule has 1 aromatic rings. The minimum Gasteiger partial charge on any atom is -0.490 e. The second-order valence-electron chi connectivity index (χ2n) is 5.54. The molecule has 5 heteroatoms. The lowest BCUT2D eigenvalue weighted by atomic mass is 9.97. The van der Waals surface area contributed by atoms with Gasteiger partial charge in [-0.05, 0) is 38.1 Å². The summed E-state index contributed by atoms with van der Waals surface area (Å²) in [7, 11) is 0. The van der Waals surface area contributed by atoms with Gasteiger partial charge in [-0.1, -0.05) is 12.0 Å². The van der Waals surface area contributed by atoms with Gasteiger partial charge in [0, 0.05) is 11.8 Å². The first kappa shape index (κ1) is 16.7. The van der Waals surface area contributed by atoms with E-state index >= 15 is 0 Å². The highest BCUT2D eigenvalue weighted by atomic mass is 16.5. The summed E-state index contributed by atoms with van der Waals surface area (Å²) in [6.45, 7) is 5.01. The largest absolute Gasteiger partial charge is 0.490 e. The fourth-order valence-electron chi connectivity index (χ4n) is 2.95. The molecule has 0 fully saturated rings. The van der Waals surface area contributed by atoms with Crippen molar-refractivity contribution < 1.29 is 9.47 Å². The molecule has 0 radical (unpaired) electrons. The second kappa shape index (κ2) is 7.18. The van der Waals surface area contributed by atoms with E-state index in [1.54, 1.807) is 6.34 Å². The molecule has 1 unspecified atom stereocenters. The van der Waals surface area contributed by atoms with Gasteiger partial charge >= 0.3 is 0 Å². The number of nitrogen functional groups attached to an aromatic ring is 1. The maximum Gasteiger partial charge on any atom is 0.161 e. The van der Waals surface area contributed by atoms with Crippen molar-refractivity contribution in [3.63, 3.8) is 0 Å². The SMILES string of the molecule is C#Cc1cccc(N)c1N1C=NC=C2C=C(OCC)C(OCC)=CC21. The molecule has 1 aliphatic heterocycles. The molecule has 1 atom stereocenters. The number of ether oxygens (including phenoxy) is 2. The van der Waals surface area contributed by atoms with Gasteiger partial charge in [-0.15, -0.1) is 6.42 Å². The number of para-hydroxylation sites is 1. The summed E-state index contributed by atoms with van der Waals surface area (Å²) in [5.41, 5.74) is 9.29. The number of nitrogens with zero attached hydrogens (tertiary/aromatic N) is 2. The monoisotopic (exact) mass is 335 g/mol. The number of aliphatic imine (C=N–C) groups is 1. The van der Waals surface area contributed by atoms with Crippen LogP contribution in [0.5, 0.6) is 0 Å². The van der Waals surface area contributed by atoms with Crippen molar-refractivity contribution in [2.45, 2.75) is 19.9 Å². The van der Waals surface area contributed by atoms with Crippen molar-refractivity contribution >= 4 is 17.7 Å². The molecule has 2 N–H and O–H groups in total. The Hall–Kier alpha value is -3.13. The zero-order chi connectivity index (χ0) is 17.8. The Labute approximate surface area is 148 Å². The van der Waals surface area contributed by atoms with Crippen molar-refractivity contribution in [2.75, 3.05) is 23.8 Å². The van der Waals surface area contributed by atoms with Gasteiger partial charge in [-0.2, -0.15) is 0 Å². The van der Waals surface area contributed by atoms with Crippen LogP contribution in [0.3, 0.4) is 0 Å². The van der Waals surface area contributed by atoms with Crippen molar-refractivity contribution in [3.05, 3.63) is 59.2 Å². The van der Waals surface area contributed by atoms with E-state index in [-0.39, 0.29) is 6.04 Å². The average Bonchev–Trinajstić information content (AvgIpc) is 2.62. The maximum atomic E-state index is 6.21. The Morgan fingerprint density at radius 3 is 2.72 bits per heavy atom. The van der Waals surface area contributed by atoms with Gasteiger partial charge in [-0.25, -0.2) is 4.99 Å². The zero-order valence-corrected chi connectivity index (χ0v) is 14.4. The second-order valence-corrected chi connectivity index (χ2v) is 5.54. The van der Waals surface area contributed by atoms with E-state index in [1.165, 1.54) is 0 Å². The van der Waals surface area contributed by atoms with Gasteiger partial charge in [0.15, 0.2) is 11.5 Å². The van der Waals surface area contributed by atoms with Crippen LogP contribution in [0.15, 0.2) is 58.6 Å². The van der Waals surface area contributed by atoms with E-state index in [1.807, 2.05) is 55.3 Å². The molecular formula is C20H21N3O2. The molecular weight excluding hydrogens is 314 g/mol. The predicted octanol–water partition coefficient (Wildman–Crippen LogP) is 3.21. The van der Waals surface area contributed by atoms with Crippen LogP contribution in [-0.2, 0) is 9.47 Å². The van der Waals surface area contributed by atoms with Gasteiger partial charge in [0.05, 0.1) is 42.5 Å². The number of rotatable bonds is 5. The van der Waals surface area contributed by atoms with Crippen molar-refractivity contribution in [1.29, 1.82) is 0 Å². The number of terminal acetylenes is 1. The number of hydrogen-bond donors (Lipinski definition) is 1. The number of fused-ring (bicyclic) bond motifs is 1. The van der Waals surface area contributed by atoms with Crippen LogP contribution in [0, 0.1) is 12.3 Å². The first-order valence-corrected chi connectivity index (χ1v) is 8.25. The molecule has 25 heavy (non-hydrogen) atoms. The number of anilines is 2. The highest BCUT2D eigenvalue weighted by molar-refractivity contribution is 5.92. The topological polar surface area (TPSA) is 60.1 Å². The lowest BCUT2D eigenvalue weighted by molar-refractivity contribution is 0.162. The maximum absolute atomic E-state index is 6.21. The third-order valence-corrected chi connectivity index (χ3v) is 3.99. The molecule has 0 amide bonds. The minimum absolute atomic E-state index is 0.111. The standard InChI is InChI=1S/C20H21N3O2/c1-4-14-8-7-9-16(21)20(14)23-13-22-12-15-10-18(24-5-2)19(25-6-3)11-17(15)23/h1,7-13,17H,5-6,21H2,2-3H3. The molecule has 128 valence electrons. The van der Waals surface area contributed by atoms with Crippen LogP contribution >= 0.6 is 0 Å². The molecule has 0 bridgehead atoms. The molecule has 0 saturated carbocycles. The van der Waals surface area contributed by atoms with E-state index < -0.39 is 0 Å². The summed E-state index contributed by atoms with van der Waals surface area (Å²) in [5.74, 6) is 4.12. The van der Waals surface area contributed by atoms with Crippen molar-refractivity contribution in [1.82, 2.24) is 0 Å². The molecule has 1 aromatic carbocycles. The molecule has 1 aliphatic carbocycles. The predicted molar refractivity (Wildman–Crippen MR) is 101 cm³/mol. The Kier molecular flexibility index (Phi) is 4.80. The number of nitrogens with two attached hydrogens (primary N) is 1. The van der Waals surface area contributed by atoms with Crippen LogP contribution in [0.4, 0.5) is 11.4 Å². The van der Waals surface area contributed by atoms with E-state index in [0.29, 0.717) is 30.4 Å². The lowest BCUT2D eigenvalue weighted by Crippen LogP contribution is -2.38. The third kappa shape index (κ3) is 3.11. The molecule has 2 aliphatic rings. The highest BCUT2D eigenvalue weighted by Gasteiger charge is 2.30. The van der Waals surface area contributed by atoms with Crippen LogP contribution < -0.4 is 10.6 Å². The highest BCUT2D eigenvalue weighted by Crippen LogP contribution is 2.35. The molecule has 5 nitrogen and oxygen atoms in total. The molecule has 0 spiro atoms. The minimum atomic E-state index is -0.111. The normalized spacial score (nSPS) is 18.5. The molecule has 0 saturated heterocycles. The summed E-state index contributed by atoms with van der Waals surface area (Å²) >= 11 is 0. The quantitative estimate of drug-likeness (QED) is 0.663. The van der Waals surface area contributed by atoms with E-state index in [9.17, 15) is 0 Å². The van der Waals surface area contributed by atoms with Crippen LogP contribution in [-0.4, -0.2) is 25.6 Å². The Morgan fingerprint density at radius 1 is 1.24 bits per heavy atom. The lowest BCUT2D eigenvalue weighted by Gasteiger charge is -2.35. The smallest absolute Gasteiger partial charge is 0.161 e. The average molecular weight is 335 g/mol. The first-order valence-electron chi connectivity index (χ1n) is 8.25. The number of benzene rings is 1. The summed E-state index contributed by atoms with van der Waals surface area (Å²) in [5, 5.41) is 0. The summed E-state index contributed by atoms with van der Waals surface area (Å²) in [6.07, 6.45) is 13.2.